The minimum absolute atomic E-state index is 0.0575. The topological polar surface area (TPSA) is 67.8 Å². The van der Waals surface area contributed by atoms with Gasteiger partial charge in [-0.05, 0) is 19.9 Å². The summed E-state index contributed by atoms with van der Waals surface area (Å²) in [4.78, 5) is 23.4. The lowest BCUT2D eigenvalue weighted by Crippen LogP contribution is -2.28. The summed E-state index contributed by atoms with van der Waals surface area (Å²) in [7, 11) is 0. The third-order valence-electron chi connectivity index (χ3n) is 2.87. The van der Waals surface area contributed by atoms with Crippen LogP contribution in [-0.4, -0.2) is 27.4 Å². The Morgan fingerprint density at radius 1 is 1.26 bits per heavy atom. The number of aryl methyl sites for hydroxylation is 2. The van der Waals surface area contributed by atoms with Crippen molar-refractivity contribution in [3.63, 3.8) is 0 Å². The molecule has 0 aliphatic carbocycles. The molecule has 0 spiro atoms. The van der Waals surface area contributed by atoms with Gasteiger partial charge in [-0.1, -0.05) is 0 Å². The van der Waals surface area contributed by atoms with E-state index in [4.69, 9.17) is 0 Å². The maximum atomic E-state index is 12.7. The number of carbonyl (C=O) groups excluding carboxylic acids is 1. The molecule has 1 amide bonds. The fourth-order valence-corrected chi connectivity index (χ4v) is 2.53. The zero-order chi connectivity index (χ0) is 17.0. The summed E-state index contributed by atoms with van der Waals surface area (Å²) < 4.78 is 38.0. The first-order chi connectivity index (χ1) is 10.7. The normalized spacial score (nSPS) is 11.5. The van der Waals surface area contributed by atoms with Gasteiger partial charge in [0, 0.05) is 24.0 Å². The number of nitrogens with one attached hydrogen (secondary N) is 1. The van der Waals surface area contributed by atoms with Gasteiger partial charge in [-0.15, -0.1) is 11.3 Å². The van der Waals surface area contributed by atoms with Crippen LogP contribution in [0.5, 0.6) is 0 Å². The van der Waals surface area contributed by atoms with Crippen LogP contribution in [0.15, 0.2) is 11.4 Å². The van der Waals surface area contributed by atoms with Crippen LogP contribution in [0.4, 0.5) is 13.2 Å². The number of hydrogen-bond acceptors (Lipinski definition) is 5. The maximum absolute atomic E-state index is 12.7. The van der Waals surface area contributed by atoms with Crippen LogP contribution in [0, 0.1) is 13.8 Å². The molecule has 2 aromatic heterocycles. The van der Waals surface area contributed by atoms with Crippen molar-refractivity contribution < 1.29 is 18.0 Å². The molecule has 9 heteroatoms. The molecule has 0 saturated heterocycles. The number of aromatic nitrogens is 3. The second kappa shape index (κ2) is 7.03. The van der Waals surface area contributed by atoms with Gasteiger partial charge >= 0.3 is 6.18 Å². The second-order valence-corrected chi connectivity index (χ2v) is 6.01. The smallest absolute Gasteiger partial charge is 0.355 e. The predicted octanol–water partition coefficient (Wildman–Crippen LogP) is 2.47. The van der Waals surface area contributed by atoms with Crippen LogP contribution in [0.1, 0.15) is 27.9 Å². The number of halogens is 3. The van der Waals surface area contributed by atoms with E-state index in [1.54, 1.807) is 5.38 Å². The van der Waals surface area contributed by atoms with Gasteiger partial charge in [-0.25, -0.2) is 15.0 Å². The fourth-order valence-electron chi connectivity index (χ4n) is 1.92. The summed E-state index contributed by atoms with van der Waals surface area (Å²) in [5.41, 5.74) is -0.0490. The van der Waals surface area contributed by atoms with Gasteiger partial charge < -0.3 is 5.32 Å². The zero-order valence-electron chi connectivity index (χ0n) is 12.6. The van der Waals surface area contributed by atoms with E-state index in [9.17, 15) is 18.0 Å². The van der Waals surface area contributed by atoms with Crippen molar-refractivity contribution in [3.05, 3.63) is 39.4 Å². The summed E-state index contributed by atoms with van der Waals surface area (Å²) in [6.07, 6.45) is -4.23. The van der Waals surface area contributed by atoms with Gasteiger partial charge in [-0.2, -0.15) is 13.2 Å². The molecule has 0 radical (unpaired) electrons. The van der Waals surface area contributed by atoms with Crippen LogP contribution < -0.4 is 5.32 Å². The molecular formula is C14H15F3N4OS. The molecule has 0 aromatic carbocycles. The molecule has 2 heterocycles. The SMILES string of the molecule is Cc1cc(C(F)(F)F)nc(CCNC(=O)Cc2csc(C)n2)n1. The lowest BCUT2D eigenvalue weighted by molar-refractivity contribution is -0.141. The molecule has 1 N–H and O–H groups in total. The number of hydrogen-bond donors (Lipinski definition) is 1. The Labute approximate surface area is 135 Å². The number of nitrogens with zero attached hydrogens (tertiary/aromatic N) is 3. The molecule has 5 nitrogen and oxygen atoms in total. The number of thiazole rings is 1. The lowest BCUT2D eigenvalue weighted by atomic mass is 10.3. The maximum Gasteiger partial charge on any atom is 0.433 e. The number of carbonyl (C=O) groups is 1. The average molecular weight is 344 g/mol. The van der Waals surface area contributed by atoms with Gasteiger partial charge in [-0.3, -0.25) is 4.79 Å². The van der Waals surface area contributed by atoms with E-state index in [1.165, 1.54) is 18.3 Å². The summed E-state index contributed by atoms with van der Waals surface area (Å²) in [6.45, 7) is 3.49. The highest BCUT2D eigenvalue weighted by molar-refractivity contribution is 7.09. The number of alkyl halides is 3. The van der Waals surface area contributed by atoms with E-state index in [0.717, 1.165) is 11.1 Å². The van der Waals surface area contributed by atoms with Crippen molar-refractivity contribution >= 4 is 17.2 Å². The quantitative estimate of drug-likeness (QED) is 0.905. The summed E-state index contributed by atoms with van der Waals surface area (Å²) in [5.74, 6) is -0.180. The van der Waals surface area contributed by atoms with E-state index in [0.29, 0.717) is 5.69 Å². The molecule has 0 atom stereocenters. The Balaban J connectivity index is 1.88. The standard InChI is InChI=1S/C14H15F3N4OS/c1-8-5-11(14(15,16)17)21-12(19-8)3-4-18-13(22)6-10-7-23-9(2)20-10/h5,7H,3-4,6H2,1-2H3,(H,18,22). The minimum atomic E-state index is -4.51. The molecule has 0 aliphatic rings. The van der Waals surface area contributed by atoms with Crippen molar-refractivity contribution in [1.29, 1.82) is 0 Å². The molecule has 2 rings (SSSR count). The van der Waals surface area contributed by atoms with Crippen molar-refractivity contribution in [3.8, 4) is 0 Å². The highest BCUT2D eigenvalue weighted by atomic mass is 32.1. The lowest BCUT2D eigenvalue weighted by Gasteiger charge is -2.09. The number of amides is 1. The van der Waals surface area contributed by atoms with Crippen molar-refractivity contribution in [2.24, 2.45) is 0 Å². The molecule has 0 fully saturated rings. The van der Waals surface area contributed by atoms with Crippen LogP contribution in [0.2, 0.25) is 0 Å². The van der Waals surface area contributed by atoms with Crippen molar-refractivity contribution in [2.75, 3.05) is 6.54 Å². The molecule has 0 saturated carbocycles. The van der Waals surface area contributed by atoms with Gasteiger partial charge in [0.25, 0.3) is 0 Å². The Bertz CT molecular complexity index is 700. The predicted molar refractivity (Wildman–Crippen MR) is 79.0 cm³/mol. The van der Waals surface area contributed by atoms with E-state index >= 15 is 0 Å². The highest BCUT2D eigenvalue weighted by Gasteiger charge is 2.33. The Morgan fingerprint density at radius 2 is 2.00 bits per heavy atom. The van der Waals surface area contributed by atoms with E-state index in [2.05, 4.69) is 20.3 Å². The van der Waals surface area contributed by atoms with Gasteiger partial charge in [0.05, 0.1) is 17.1 Å². The molecule has 0 unspecified atom stereocenters. The van der Waals surface area contributed by atoms with Gasteiger partial charge in [0.2, 0.25) is 5.91 Å². The first-order valence-electron chi connectivity index (χ1n) is 6.83. The average Bonchev–Trinajstić information content (AvgIpc) is 2.82. The highest BCUT2D eigenvalue weighted by Crippen LogP contribution is 2.27. The van der Waals surface area contributed by atoms with Crippen LogP contribution in [0.3, 0.4) is 0 Å². The molecule has 0 aliphatic heterocycles. The molecule has 2 aromatic rings. The largest absolute Gasteiger partial charge is 0.433 e. The van der Waals surface area contributed by atoms with Gasteiger partial charge in [0.1, 0.15) is 11.5 Å². The summed E-state index contributed by atoms with van der Waals surface area (Å²) in [5, 5.41) is 5.31. The minimum Gasteiger partial charge on any atom is -0.355 e. The molecule has 0 bridgehead atoms. The second-order valence-electron chi connectivity index (χ2n) is 4.94. The Morgan fingerprint density at radius 3 is 2.61 bits per heavy atom. The first-order valence-corrected chi connectivity index (χ1v) is 7.71. The van der Waals surface area contributed by atoms with Gasteiger partial charge in [0.15, 0.2) is 0 Å². The van der Waals surface area contributed by atoms with E-state index < -0.39 is 11.9 Å². The third kappa shape index (κ3) is 5.27. The molecule has 124 valence electrons. The van der Waals surface area contributed by atoms with Crippen molar-refractivity contribution in [2.45, 2.75) is 32.9 Å². The molecule has 23 heavy (non-hydrogen) atoms. The monoisotopic (exact) mass is 344 g/mol. The fraction of sp³-hybridized carbons (Fsp3) is 0.429. The van der Waals surface area contributed by atoms with Crippen LogP contribution in [0.25, 0.3) is 0 Å². The van der Waals surface area contributed by atoms with Crippen LogP contribution in [-0.2, 0) is 23.8 Å². The Hall–Kier alpha value is -2.03. The molecular weight excluding hydrogens is 329 g/mol. The first kappa shape index (κ1) is 17.3. The summed E-state index contributed by atoms with van der Waals surface area (Å²) >= 11 is 1.45. The van der Waals surface area contributed by atoms with Crippen LogP contribution >= 0.6 is 11.3 Å². The van der Waals surface area contributed by atoms with Crippen molar-refractivity contribution in [1.82, 2.24) is 20.3 Å². The van der Waals surface area contributed by atoms with E-state index in [-0.39, 0.29) is 36.8 Å². The Kier molecular flexibility index (Phi) is 5.30. The van der Waals surface area contributed by atoms with E-state index in [1.807, 2.05) is 6.92 Å². The third-order valence-corrected chi connectivity index (χ3v) is 3.69. The zero-order valence-corrected chi connectivity index (χ0v) is 13.4. The summed E-state index contributed by atoms with van der Waals surface area (Å²) in [6, 6.07) is 0.895. The number of rotatable bonds is 5.